The van der Waals surface area contributed by atoms with Gasteiger partial charge in [0.2, 0.25) is 0 Å². The molecule has 0 fully saturated rings. The molecule has 1 atom stereocenters. The van der Waals surface area contributed by atoms with E-state index in [0.717, 1.165) is 22.7 Å². The Balaban J connectivity index is 1.93. The van der Waals surface area contributed by atoms with Gasteiger partial charge in [0.15, 0.2) is 5.65 Å². The molecular formula is C17H19N5O3S. The lowest BCUT2D eigenvalue weighted by Crippen LogP contribution is -2.27. The molecule has 1 amide bonds. The summed E-state index contributed by atoms with van der Waals surface area (Å²) in [7, 11) is 0. The van der Waals surface area contributed by atoms with Crippen molar-refractivity contribution in [3.05, 3.63) is 44.3 Å². The van der Waals surface area contributed by atoms with E-state index in [-0.39, 0.29) is 10.8 Å². The van der Waals surface area contributed by atoms with Crippen LogP contribution in [0.3, 0.4) is 0 Å². The summed E-state index contributed by atoms with van der Waals surface area (Å²) in [6.45, 7) is 8.95. The first-order valence-corrected chi connectivity index (χ1v) is 8.85. The summed E-state index contributed by atoms with van der Waals surface area (Å²) in [5.74, 6) is -1.33. The van der Waals surface area contributed by atoms with Crippen molar-refractivity contribution < 1.29 is 14.7 Å². The van der Waals surface area contributed by atoms with Crippen molar-refractivity contribution in [3.8, 4) is 0 Å². The Morgan fingerprint density at radius 2 is 1.88 bits per heavy atom. The molecule has 0 aliphatic rings. The second kappa shape index (κ2) is 6.49. The van der Waals surface area contributed by atoms with Crippen molar-refractivity contribution in [2.75, 3.05) is 0 Å². The number of aromatic nitrogens is 4. The maximum atomic E-state index is 12.8. The van der Waals surface area contributed by atoms with Gasteiger partial charge in [-0.2, -0.15) is 5.10 Å². The first-order chi connectivity index (χ1) is 12.2. The molecule has 3 heterocycles. The SMILES string of the molecule is Cc1cc(C)n2nc(C)c(C(=O)NC(C)c3nc(C)c(C(=O)O)s3)c2n1. The number of amides is 1. The van der Waals surface area contributed by atoms with Crippen LogP contribution < -0.4 is 5.32 Å². The maximum absolute atomic E-state index is 12.8. The highest BCUT2D eigenvalue weighted by Crippen LogP contribution is 2.24. The third-order valence-corrected chi connectivity index (χ3v) is 5.35. The number of rotatable bonds is 4. The Bertz CT molecular complexity index is 1040. The molecule has 0 saturated carbocycles. The smallest absolute Gasteiger partial charge is 0.347 e. The number of carboxylic acid groups (broad SMARTS) is 1. The normalized spacial score (nSPS) is 12.3. The van der Waals surface area contributed by atoms with Crippen LogP contribution in [0.4, 0.5) is 0 Å². The lowest BCUT2D eigenvalue weighted by atomic mass is 10.2. The summed E-state index contributed by atoms with van der Waals surface area (Å²) < 4.78 is 1.65. The zero-order chi connectivity index (χ0) is 19.2. The van der Waals surface area contributed by atoms with Crippen LogP contribution in [-0.2, 0) is 0 Å². The zero-order valence-corrected chi connectivity index (χ0v) is 15.9. The summed E-state index contributed by atoms with van der Waals surface area (Å²) in [5, 5.41) is 17.0. The van der Waals surface area contributed by atoms with E-state index in [1.54, 1.807) is 25.3 Å². The largest absolute Gasteiger partial charge is 0.477 e. The number of fused-ring (bicyclic) bond motifs is 1. The van der Waals surface area contributed by atoms with E-state index < -0.39 is 12.0 Å². The molecule has 0 radical (unpaired) electrons. The Morgan fingerprint density at radius 3 is 2.50 bits per heavy atom. The minimum atomic E-state index is -1.02. The van der Waals surface area contributed by atoms with Gasteiger partial charge in [-0.05, 0) is 40.7 Å². The maximum Gasteiger partial charge on any atom is 0.347 e. The van der Waals surface area contributed by atoms with Crippen molar-refractivity contribution in [2.24, 2.45) is 0 Å². The van der Waals surface area contributed by atoms with Crippen LogP contribution in [0.1, 0.15) is 60.8 Å². The number of aromatic carboxylic acids is 1. The predicted molar refractivity (Wildman–Crippen MR) is 96.9 cm³/mol. The Labute approximate surface area is 153 Å². The van der Waals surface area contributed by atoms with Gasteiger partial charge in [-0.15, -0.1) is 11.3 Å². The number of aryl methyl sites for hydroxylation is 4. The van der Waals surface area contributed by atoms with Crippen molar-refractivity contribution in [2.45, 2.75) is 40.7 Å². The number of nitrogens with one attached hydrogen (secondary N) is 1. The first-order valence-electron chi connectivity index (χ1n) is 8.04. The Morgan fingerprint density at radius 1 is 1.19 bits per heavy atom. The van der Waals surface area contributed by atoms with Gasteiger partial charge in [-0.25, -0.2) is 19.3 Å². The van der Waals surface area contributed by atoms with E-state index in [0.29, 0.717) is 27.6 Å². The van der Waals surface area contributed by atoms with Gasteiger partial charge in [0.05, 0.1) is 17.4 Å². The first kappa shape index (κ1) is 18.0. The number of carbonyl (C=O) groups is 2. The van der Waals surface area contributed by atoms with E-state index in [2.05, 4.69) is 20.4 Å². The van der Waals surface area contributed by atoms with Crippen LogP contribution in [0.15, 0.2) is 6.07 Å². The summed E-state index contributed by atoms with van der Waals surface area (Å²) >= 11 is 1.07. The topological polar surface area (TPSA) is 109 Å². The second-order valence-corrected chi connectivity index (χ2v) is 7.23. The van der Waals surface area contributed by atoms with Crippen LogP contribution in [0.25, 0.3) is 5.65 Å². The monoisotopic (exact) mass is 373 g/mol. The highest BCUT2D eigenvalue weighted by molar-refractivity contribution is 7.13. The van der Waals surface area contributed by atoms with Crippen LogP contribution in [0.5, 0.6) is 0 Å². The van der Waals surface area contributed by atoms with Crippen molar-refractivity contribution >= 4 is 28.9 Å². The highest BCUT2D eigenvalue weighted by Gasteiger charge is 2.24. The molecule has 0 aliphatic heterocycles. The Hall–Kier alpha value is -2.81. The van der Waals surface area contributed by atoms with E-state index in [9.17, 15) is 9.59 Å². The van der Waals surface area contributed by atoms with Crippen LogP contribution in [-0.4, -0.2) is 36.6 Å². The molecule has 136 valence electrons. The average Bonchev–Trinajstić information content (AvgIpc) is 3.07. The third kappa shape index (κ3) is 3.05. The predicted octanol–water partition coefficient (Wildman–Crippen LogP) is 2.61. The molecule has 0 bridgehead atoms. The molecule has 0 aromatic carbocycles. The zero-order valence-electron chi connectivity index (χ0n) is 15.1. The van der Waals surface area contributed by atoms with E-state index in [1.165, 1.54) is 0 Å². The van der Waals surface area contributed by atoms with Gasteiger partial charge in [0, 0.05) is 11.4 Å². The minimum absolute atomic E-state index is 0.182. The quantitative estimate of drug-likeness (QED) is 0.727. The molecule has 8 nitrogen and oxygen atoms in total. The Kier molecular flexibility index (Phi) is 4.49. The minimum Gasteiger partial charge on any atom is -0.477 e. The number of thiazole rings is 1. The van der Waals surface area contributed by atoms with E-state index in [4.69, 9.17) is 5.11 Å². The summed E-state index contributed by atoms with van der Waals surface area (Å²) in [6.07, 6.45) is 0. The van der Waals surface area contributed by atoms with Crippen molar-refractivity contribution in [3.63, 3.8) is 0 Å². The average molecular weight is 373 g/mol. The van der Waals surface area contributed by atoms with Crippen LogP contribution in [0.2, 0.25) is 0 Å². The fourth-order valence-electron chi connectivity index (χ4n) is 2.82. The van der Waals surface area contributed by atoms with Gasteiger partial charge in [0.25, 0.3) is 5.91 Å². The van der Waals surface area contributed by atoms with E-state index >= 15 is 0 Å². The van der Waals surface area contributed by atoms with Gasteiger partial charge in [-0.3, -0.25) is 4.79 Å². The molecule has 26 heavy (non-hydrogen) atoms. The summed E-state index contributed by atoms with van der Waals surface area (Å²) in [5.41, 5.74) is 3.64. The highest BCUT2D eigenvalue weighted by atomic mass is 32.1. The summed E-state index contributed by atoms with van der Waals surface area (Å²) in [4.78, 5) is 32.9. The molecule has 1 unspecified atom stereocenters. The van der Waals surface area contributed by atoms with Crippen LogP contribution >= 0.6 is 11.3 Å². The summed E-state index contributed by atoms with van der Waals surface area (Å²) in [6, 6.07) is 1.47. The molecule has 3 rings (SSSR count). The van der Waals surface area contributed by atoms with Gasteiger partial charge in [-0.1, -0.05) is 0 Å². The molecular weight excluding hydrogens is 354 g/mol. The van der Waals surface area contributed by atoms with Crippen molar-refractivity contribution in [1.29, 1.82) is 0 Å². The standard InChI is InChI=1S/C17H19N5O3S/c1-7-6-8(2)22-14(18-7)12(9(3)21-22)15(23)19-11(5)16-20-10(4)13(26-16)17(24)25/h6,11H,1-5H3,(H,19,23)(H,24,25). The lowest BCUT2D eigenvalue weighted by molar-refractivity contribution is 0.0700. The number of carbonyl (C=O) groups excluding carboxylic acids is 1. The van der Waals surface area contributed by atoms with Gasteiger partial charge < -0.3 is 10.4 Å². The number of carboxylic acids is 1. The molecule has 3 aromatic heterocycles. The molecule has 3 aromatic rings. The van der Waals surface area contributed by atoms with Gasteiger partial charge >= 0.3 is 5.97 Å². The van der Waals surface area contributed by atoms with Crippen molar-refractivity contribution in [1.82, 2.24) is 24.9 Å². The van der Waals surface area contributed by atoms with Gasteiger partial charge in [0.1, 0.15) is 15.4 Å². The molecule has 0 spiro atoms. The number of nitrogens with zero attached hydrogens (tertiary/aromatic N) is 4. The fraction of sp³-hybridized carbons (Fsp3) is 0.353. The fourth-order valence-corrected chi connectivity index (χ4v) is 3.73. The number of hydrogen-bond acceptors (Lipinski definition) is 6. The molecule has 2 N–H and O–H groups in total. The molecule has 9 heteroatoms. The van der Waals surface area contributed by atoms with Crippen LogP contribution in [0, 0.1) is 27.7 Å². The lowest BCUT2D eigenvalue weighted by Gasteiger charge is -2.11. The molecule has 0 saturated heterocycles. The van der Waals surface area contributed by atoms with E-state index in [1.807, 2.05) is 19.9 Å². The molecule has 0 aliphatic carbocycles. The third-order valence-electron chi connectivity index (χ3n) is 4.02. The number of hydrogen-bond donors (Lipinski definition) is 2. The second-order valence-electron chi connectivity index (χ2n) is 6.20.